The largest absolute Gasteiger partial charge is 0.445 e. The molecule has 5 nitrogen and oxygen atoms in total. The Morgan fingerprint density at radius 3 is 3.20 bits per heavy atom. The molecule has 106 valence electrons. The second kappa shape index (κ2) is 6.86. The van der Waals surface area contributed by atoms with Gasteiger partial charge in [0.15, 0.2) is 0 Å². The van der Waals surface area contributed by atoms with Crippen molar-refractivity contribution in [3.63, 3.8) is 0 Å². The molecular formula is C15H18N2O3. The number of aliphatic hydroxyl groups excluding tert-OH is 1. The number of aromatic nitrogens is 1. The molecule has 0 aliphatic carbocycles. The third-order valence-electron chi connectivity index (χ3n) is 3.08. The number of carbonyl (C=O) groups excluding carboxylic acids is 1. The highest BCUT2D eigenvalue weighted by Gasteiger charge is 2.33. The molecule has 0 spiro atoms. The smallest absolute Gasteiger partial charge is 0.410 e. The zero-order valence-electron chi connectivity index (χ0n) is 11.2. The van der Waals surface area contributed by atoms with Crippen LogP contribution in [0.3, 0.4) is 0 Å². The molecule has 0 unspecified atom stereocenters. The lowest BCUT2D eigenvalue weighted by atomic mass is 10.1. The van der Waals surface area contributed by atoms with Gasteiger partial charge in [-0.05, 0) is 18.1 Å². The van der Waals surface area contributed by atoms with Crippen molar-refractivity contribution in [2.24, 2.45) is 0 Å². The van der Waals surface area contributed by atoms with Crippen LogP contribution >= 0.6 is 0 Å². The van der Waals surface area contributed by atoms with Crippen LogP contribution in [0.15, 0.2) is 43.3 Å². The van der Waals surface area contributed by atoms with Crippen molar-refractivity contribution in [1.82, 2.24) is 9.88 Å². The van der Waals surface area contributed by atoms with Crippen molar-refractivity contribution < 1.29 is 14.6 Å². The fourth-order valence-electron chi connectivity index (χ4n) is 2.15. The van der Waals surface area contributed by atoms with E-state index in [0.29, 0.717) is 6.42 Å². The summed E-state index contributed by atoms with van der Waals surface area (Å²) in [6.07, 6.45) is 8.31. The molecule has 5 heteroatoms. The maximum Gasteiger partial charge on any atom is 0.410 e. The van der Waals surface area contributed by atoms with Crippen LogP contribution in [-0.2, 0) is 4.74 Å². The lowest BCUT2D eigenvalue weighted by Crippen LogP contribution is -2.35. The van der Waals surface area contributed by atoms with E-state index in [-0.39, 0.29) is 19.2 Å². The summed E-state index contributed by atoms with van der Waals surface area (Å²) in [5.41, 5.74) is 0.952. The Labute approximate surface area is 118 Å². The zero-order chi connectivity index (χ0) is 14.4. The monoisotopic (exact) mass is 274 g/mol. The van der Waals surface area contributed by atoms with Crippen LogP contribution < -0.4 is 0 Å². The molecule has 1 amide bonds. The van der Waals surface area contributed by atoms with Gasteiger partial charge in [-0.15, -0.1) is 0 Å². The maximum atomic E-state index is 11.9. The van der Waals surface area contributed by atoms with Crippen molar-refractivity contribution >= 4 is 12.2 Å². The van der Waals surface area contributed by atoms with E-state index in [2.05, 4.69) is 11.6 Å². The van der Waals surface area contributed by atoms with Gasteiger partial charge in [-0.1, -0.05) is 30.9 Å². The summed E-state index contributed by atoms with van der Waals surface area (Å²) in [5.74, 6) is 0. The van der Waals surface area contributed by atoms with Gasteiger partial charge in [-0.2, -0.15) is 0 Å². The van der Waals surface area contributed by atoms with Crippen LogP contribution in [0.25, 0.3) is 6.08 Å². The third-order valence-corrected chi connectivity index (χ3v) is 3.08. The Kier molecular flexibility index (Phi) is 4.90. The molecule has 1 aromatic rings. The van der Waals surface area contributed by atoms with E-state index in [9.17, 15) is 9.90 Å². The van der Waals surface area contributed by atoms with Gasteiger partial charge in [0.25, 0.3) is 0 Å². The van der Waals surface area contributed by atoms with Crippen molar-refractivity contribution in [3.8, 4) is 0 Å². The summed E-state index contributed by atoms with van der Waals surface area (Å²) < 4.78 is 5.02. The predicted octanol–water partition coefficient (Wildman–Crippen LogP) is 1.85. The first-order valence-electron chi connectivity index (χ1n) is 6.51. The topological polar surface area (TPSA) is 62.7 Å². The number of nitrogens with zero attached hydrogens (tertiary/aromatic N) is 2. The molecule has 1 N–H and O–H groups in total. The van der Waals surface area contributed by atoms with Gasteiger partial charge in [-0.3, -0.25) is 9.88 Å². The van der Waals surface area contributed by atoms with Crippen LogP contribution in [0.2, 0.25) is 0 Å². The number of pyridine rings is 1. The minimum absolute atomic E-state index is 0.164. The van der Waals surface area contributed by atoms with E-state index in [1.807, 2.05) is 24.3 Å². The van der Waals surface area contributed by atoms with Crippen molar-refractivity contribution in [1.29, 1.82) is 0 Å². The fraction of sp³-hybridized carbons (Fsp3) is 0.333. The second-order valence-corrected chi connectivity index (χ2v) is 4.62. The van der Waals surface area contributed by atoms with Crippen LogP contribution in [0.1, 0.15) is 12.0 Å². The average molecular weight is 274 g/mol. The van der Waals surface area contributed by atoms with Gasteiger partial charge >= 0.3 is 6.09 Å². The fourth-order valence-corrected chi connectivity index (χ4v) is 2.15. The number of aliphatic hydroxyl groups is 1. The summed E-state index contributed by atoms with van der Waals surface area (Å²) in [6.45, 7) is 3.96. The molecule has 2 rings (SSSR count). The molecule has 1 saturated heterocycles. The Bertz CT molecular complexity index is 487. The van der Waals surface area contributed by atoms with E-state index in [1.54, 1.807) is 12.4 Å². The summed E-state index contributed by atoms with van der Waals surface area (Å²) in [4.78, 5) is 17.4. The van der Waals surface area contributed by atoms with Gasteiger partial charge in [-0.25, -0.2) is 4.79 Å². The normalized spacial score (nSPS) is 22.1. The Balaban J connectivity index is 2.03. The van der Waals surface area contributed by atoms with Gasteiger partial charge < -0.3 is 9.84 Å². The number of rotatable bonds is 4. The van der Waals surface area contributed by atoms with Gasteiger partial charge in [0, 0.05) is 12.4 Å². The minimum atomic E-state index is -0.519. The number of β-amino-alcohol motifs (C(OH)–C–C–N with tert-alkyl or cyclic N) is 1. The molecule has 0 radical (unpaired) electrons. The van der Waals surface area contributed by atoms with Gasteiger partial charge in [0.2, 0.25) is 0 Å². The number of carbonyl (C=O) groups is 1. The highest BCUT2D eigenvalue weighted by atomic mass is 16.6. The molecule has 1 fully saturated rings. The van der Waals surface area contributed by atoms with Crippen LogP contribution in [0, 0.1) is 0 Å². The van der Waals surface area contributed by atoms with E-state index >= 15 is 0 Å². The molecular weight excluding hydrogens is 256 g/mol. The number of amides is 1. The van der Waals surface area contributed by atoms with Crippen molar-refractivity contribution in [2.75, 3.05) is 13.2 Å². The minimum Gasteiger partial charge on any atom is -0.445 e. The highest BCUT2D eigenvalue weighted by molar-refractivity contribution is 5.69. The molecule has 0 bridgehead atoms. The standard InChI is InChI=1S/C15H18N2O3/c1-2-8-20-15(19)17-11-14(18)9-13(17)6-5-12-4-3-7-16-10-12/h2-7,10,13-14,18H,1,8-9,11H2/b6-5-/t13-,14-/m1/s1. The van der Waals surface area contributed by atoms with Crippen LogP contribution in [0.5, 0.6) is 0 Å². The van der Waals surface area contributed by atoms with Crippen LogP contribution in [-0.4, -0.2) is 46.4 Å². The zero-order valence-corrected chi connectivity index (χ0v) is 11.2. The molecule has 20 heavy (non-hydrogen) atoms. The summed E-state index contributed by atoms with van der Waals surface area (Å²) in [6, 6.07) is 3.61. The Morgan fingerprint density at radius 2 is 2.50 bits per heavy atom. The first-order chi connectivity index (χ1) is 9.70. The molecule has 1 aliphatic heterocycles. The predicted molar refractivity (Wildman–Crippen MR) is 75.9 cm³/mol. The molecule has 0 saturated carbocycles. The SMILES string of the molecule is C=CCOC(=O)N1C[C@H](O)C[C@H]1/C=C\c1cccnc1. The van der Waals surface area contributed by atoms with Crippen molar-refractivity contribution in [3.05, 3.63) is 48.8 Å². The highest BCUT2D eigenvalue weighted by Crippen LogP contribution is 2.21. The first kappa shape index (κ1) is 14.3. The number of likely N-dealkylation sites (tertiary alicyclic amines) is 1. The second-order valence-electron chi connectivity index (χ2n) is 4.62. The van der Waals surface area contributed by atoms with Gasteiger partial charge in [0.05, 0.1) is 18.7 Å². The van der Waals surface area contributed by atoms with E-state index in [0.717, 1.165) is 5.56 Å². The third kappa shape index (κ3) is 3.68. The van der Waals surface area contributed by atoms with Crippen LogP contribution in [0.4, 0.5) is 4.79 Å². The van der Waals surface area contributed by atoms with E-state index in [4.69, 9.17) is 4.74 Å². The number of hydrogen-bond acceptors (Lipinski definition) is 4. The number of hydrogen-bond donors (Lipinski definition) is 1. The molecule has 1 aromatic heterocycles. The van der Waals surface area contributed by atoms with Gasteiger partial charge in [0.1, 0.15) is 6.61 Å². The van der Waals surface area contributed by atoms with E-state index in [1.165, 1.54) is 11.0 Å². The number of ether oxygens (including phenoxy) is 1. The quantitative estimate of drug-likeness (QED) is 0.851. The average Bonchev–Trinajstić information content (AvgIpc) is 2.85. The first-order valence-corrected chi connectivity index (χ1v) is 6.51. The Morgan fingerprint density at radius 1 is 1.65 bits per heavy atom. The van der Waals surface area contributed by atoms with E-state index < -0.39 is 12.2 Å². The molecule has 0 aromatic carbocycles. The summed E-state index contributed by atoms with van der Waals surface area (Å²) in [7, 11) is 0. The molecule has 2 atom stereocenters. The lowest BCUT2D eigenvalue weighted by molar-refractivity contribution is 0.107. The lowest BCUT2D eigenvalue weighted by Gasteiger charge is -2.20. The summed E-state index contributed by atoms with van der Waals surface area (Å²) in [5, 5.41) is 9.73. The van der Waals surface area contributed by atoms with Crippen molar-refractivity contribution in [2.45, 2.75) is 18.6 Å². The molecule has 1 aliphatic rings. The summed E-state index contributed by atoms with van der Waals surface area (Å²) >= 11 is 0. The maximum absolute atomic E-state index is 11.9. The molecule has 2 heterocycles. The Hall–Kier alpha value is -2.14.